The molecule has 2 aromatic rings. The molecule has 4 nitrogen and oxygen atoms in total. The topological polar surface area (TPSA) is 65.2 Å². The van der Waals surface area contributed by atoms with E-state index in [4.69, 9.17) is 10.5 Å². The van der Waals surface area contributed by atoms with Crippen molar-refractivity contribution in [1.29, 1.82) is 0 Å². The number of ketones is 1. The second kappa shape index (κ2) is 4.20. The van der Waals surface area contributed by atoms with Crippen molar-refractivity contribution in [2.24, 2.45) is 5.41 Å². The third-order valence-electron chi connectivity index (χ3n) is 3.97. The molecular formula is C14H16N2O2S. The highest BCUT2D eigenvalue weighted by molar-refractivity contribution is 7.22. The van der Waals surface area contributed by atoms with Gasteiger partial charge in [0.05, 0.1) is 17.3 Å². The summed E-state index contributed by atoms with van der Waals surface area (Å²) >= 11 is 1.38. The van der Waals surface area contributed by atoms with Gasteiger partial charge in [0.2, 0.25) is 0 Å². The van der Waals surface area contributed by atoms with Crippen LogP contribution in [-0.2, 0) is 0 Å². The standard InChI is InChI=1S/C14H16N2O2S/c1-14(4-3-5-14)12(17)9-6-8(18-2)7-10-11(9)16-13(15)19-10/h6-7H,3-5H2,1-2H3,(H2,15,16). The van der Waals surface area contributed by atoms with Crippen molar-refractivity contribution in [3.63, 3.8) is 0 Å². The van der Waals surface area contributed by atoms with E-state index >= 15 is 0 Å². The Morgan fingerprint density at radius 3 is 2.79 bits per heavy atom. The molecule has 0 amide bonds. The van der Waals surface area contributed by atoms with Crippen LogP contribution in [0.3, 0.4) is 0 Å². The molecule has 3 rings (SSSR count). The van der Waals surface area contributed by atoms with E-state index in [9.17, 15) is 4.79 Å². The van der Waals surface area contributed by atoms with E-state index in [-0.39, 0.29) is 11.2 Å². The molecule has 0 unspecified atom stereocenters. The number of fused-ring (bicyclic) bond motifs is 1. The maximum absolute atomic E-state index is 12.7. The largest absolute Gasteiger partial charge is 0.497 e. The van der Waals surface area contributed by atoms with Crippen molar-refractivity contribution in [3.05, 3.63) is 17.7 Å². The van der Waals surface area contributed by atoms with Crippen LogP contribution in [0.5, 0.6) is 5.75 Å². The lowest BCUT2D eigenvalue weighted by Crippen LogP contribution is -2.35. The second-order valence-electron chi connectivity index (χ2n) is 5.32. The minimum atomic E-state index is -0.238. The predicted octanol–water partition coefficient (Wildman–Crippen LogP) is 3.26. The molecule has 0 atom stereocenters. The van der Waals surface area contributed by atoms with Crippen molar-refractivity contribution in [1.82, 2.24) is 4.98 Å². The van der Waals surface area contributed by atoms with Gasteiger partial charge < -0.3 is 10.5 Å². The SMILES string of the molecule is COc1cc(C(=O)C2(C)CCC2)c2nc(N)sc2c1. The fraction of sp³-hybridized carbons (Fsp3) is 0.429. The predicted molar refractivity (Wildman–Crippen MR) is 76.9 cm³/mol. The Morgan fingerprint density at radius 1 is 1.47 bits per heavy atom. The zero-order valence-corrected chi connectivity index (χ0v) is 11.8. The third kappa shape index (κ3) is 1.89. The number of aromatic nitrogens is 1. The number of hydrogen-bond acceptors (Lipinski definition) is 5. The van der Waals surface area contributed by atoms with Crippen molar-refractivity contribution >= 4 is 32.5 Å². The third-order valence-corrected chi connectivity index (χ3v) is 4.80. The molecule has 19 heavy (non-hydrogen) atoms. The normalized spacial score (nSPS) is 17.2. The minimum Gasteiger partial charge on any atom is -0.497 e. The maximum Gasteiger partial charge on any atom is 0.181 e. The fourth-order valence-corrected chi connectivity index (χ4v) is 3.36. The average Bonchev–Trinajstić information content (AvgIpc) is 2.73. The van der Waals surface area contributed by atoms with E-state index in [1.165, 1.54) is 11.3 Å². The Morgan fingerprint density at radius 2 is 2.21 bits per heavy atom. The van der Waals surface area contributed by atoms with Crippen molar-refractivity contribution in [2.45, 2.75) is 26.2 Å². The molecule has 2 N–H and O–H groups in total. The van der Waals surface area contributed by atoms with Crippen LogP contribution in [-0.4, -0.2) is 17.9 Å². The molecule has 1 heterocycles. The zero-order chi connectivity index (χ0) is 13.6. The molecule has 1 aromatic heterocycles. The fourth-order valence-electron chi connectivity index (χ4n) is 2.57. The van der Waals surface area contributed by atoms with Crippen LogP contribution < -0.4 is 10.5 Å². The maximum atomic E-state index is 12.7. The summed E-state index contributed by atoms with van der Waals surface area (Å²) in [4.78, 5) is 17.0. The van der Waals surface area contributed by atoms with Gasteiger partial charge in [-0.15, -0.1) is 0 Å². The molecule has 0 bridgehead atoms. The van der Waals surface area contributed by atoms with Gasteiger partial charge >= 0.3 is 0 Å². The molecule has 0 saturated heterocycles. The van der Waals surface area contributed by atoms with E-state index in [0.717, 1.165) is 24.0 Å². The highest BCUT2D eigenvalue weighted by atomic mass is 32.1. The van der Waals surface area contributed by atoms with Crippen LogP contribution >= 0.6 is 11.3 Å². The summed E-state index contributed by atoms with van der Waals surface area (Å²) in [6.07, 6.45) is 3.02. The summed E-state index contributed by atoms with van der Waals surface area (Å²) in [6, 6.07) is 3.66. The number of anilines is 1. The molecule has 0 aliphatic heterocycles. The van der Waals surface area contributed by atoms with Crippen LogP contribution in [0.15, 0.2) is 12.1 Å². The lowest BCUT2D eigenvalue weighted by molar-refractivity contribution is 0.0666. The molecular weight excluding hydrogens is 260 g/mol. The number of carbonyl (C=O) groups is 1. The molecule has 1 saturated carbocycles. The van der Waals surface area contributed by atoms with Gasteiger partial charge in [0.1, 0.15) is 5.75 Å². The van der Waals surface area contributed by atoms with Gasteiger partial charge in [-0.3, -0.25) is 4.79 Å². The van der Waals surface area contributed by atoms with Crippen molar-refractivity contribution in [3.8, 4) is 5.75 Å². The highest BCUT2D eigenvalue weighted by Crippen LogP contribution is 2.44. The number of Topliss-reactive ketones (excluding diaryl/α,β-unsaturated/α-hetero) is 1. The van der Waals surface area contributed by atoms with Crippen LogP contribution in [0.2, 0.25) is 0 Å². The second-order valence-corrected chi connectivity index (χ2v) is 6.38. The Hall–Kier alpha value is -1.62. The Labute approximate surface area is 115 Å². The summed E-state index contributed by atoms with van der Waals surface area (Å²) in [5.41, 5.74) is 6.88. The van der Waals surface area contributed by atoms with E-state index in [1.807, 2.05) is 13.0 Å². The summed E-state index contributed by atoms with van der Waals surface area (Å²) in [6.45, 7) is 2.03. The van der Waals surface area contributed by atoms with E-state index in [1.54, 1.807) is 13.2 Å². The van der Waals surface area contributed by atoms with E-state index < -0.39 is 0 Å². The Kier molecular flexibility index (Phi) is 2.74. The smallest absolute Gasteiger partial charge is 0.181 e. The number of nitrogen functional groups attached to an aromatic ring is 1. The zero-order valence-electron chi connectivity index (χ0n) is 11.0. The number of rotatable bonds is 3. The quantitative estimate of drug-likeness (QED) is 0.874. The van der Waals surface area contributed by atoms with Crippen molar-refractivity contribution in [2.75, 3.05) is 12.8 Å². The molecule has 100 valence electrons. The molecule has 1 aromatic carbocycles. The first-order chi connectivity index (χ1) is 9.03. The Bertz CT molecular complexity index is 659. The number of nitrogens with zero attached hydrogens (tertiary/aromatic N) is 1. The van der Waals surface area contributed by atoms with Gasteiger partial charge in [0.25, 0.3) is 0 Å². The number of methoxy groups -OCH3 is 1. The van der Waals surface area contributed by atoms with Gasteiger partial charge in [-0.2, -0.15) is 0 Å². The minimum absolute atomic E-state index is 0.160. The van der Waals surface area contributed by atoms with Gasteiger partial charge in [0, 0.05) is 11.0 Å². The highest BCUT2D eigenvalue weighted by Gasteiger charge is 2.40. The number of carbonyl (C=O) groups excluding carboxylic acids is 1. The number of ether oxygens (including phenoxy) is 1. The van der Waals surface area contributed by atoms with Crippen LogP contribution in [0.25, 0.3) is 10.2 Å². The van der Waals surface area contributed by atoms with E-state index in [2.05, 4.69) is 4.98 Å². The van der Waals surface area contributed by atoms with Gasteiger partial charge in [-0.1, -0.05) is 24.7 Å². The van der Waals surface area contributed by atoms with Gasteiger partial charge in [-0.25, -0.2) is 4.98 Å². The Balaban J connectivity index is 2.18. The monoisotopic (exact) mass is 276 g/mol. The summed E-state index contributed by atoms with van der Waals surface area (Å²) < 4.78 is 6.18. The summed E-state index contributed by atoms with van der Waals surface area (Å²) in [7, 11) is 1.60. The molecule has 1 aliphatic rings. The van der Waals surface area contributed by atoms with Crippen LogP contribution in [0, 0.1) is 5.41 Å². The van der Waals surface area contributed by atoms with Crippen molar-refractivity contribution < 1.29 is 9.53 Å². The summed E-state index contributed by atoms with van der Waals surface area (Å²) in [5.74, 6) is 0.843. The van der Waals surface area contributed by atoms with Crippen LogP contribution in [0.1, 0.15) is 36.5 Å². The molecule has 1 fully saturated rings. The summed E-state index contributed by atoms with van der Waals surface area (Å²) in [5, 5.41) is 0.482. The number of benzene rings is 1. The van der Waals surface area contributed by atoms with E-state index in [0.29, 0.717) is 22.0 Å². The number of thiazole rings is 1. The average molecular weight is 276 g/mol. The number of hydrogen-bond donors (Lipinski definition) is 1. The molecule has 0 radical (unpaired) electrons. The first kappa shape index (κ1) is 12.4. The number of nitrogens with two attached hydrogens (primary N) is 1. The van der Waals surface area contributed by atoms with Gasteiger partial charge in [-0.05, 0) is 25.0 Å². The molecule has 5 heteroatoms. The first-order valence-electron chi connectivity index (χ1n) is 6.32. The first-order valence-corrected chi connectivity index (χ1v) is 7.14. The van der Waals surface area contributed by atoms with Crippen LogP contribution in [0.4, 0.5) is 5.13 Å². The molecule has 0 spiro atoms. The lowest BCUT2D eigenvalue weighted by atomic mass is 9.66. The molecule has 1 aliphatic carbocycles. The van der Waals surface area contributed by atoms with Gasteiger partial charge in [0.15, 0.2) is 10.9 Å². The lowest BCUT2D eigenvalue weighted by Gasteiger charge is -2.36.